The molecule has 1 fully saturated rings. The van der Waals surface area contributed by atoms with Crippen molar-refractivity contribution >= 4 is 5.78 Å². The Morgan fingerprint density at radius 3 is 3.00 bits per heavy atom. The van der Waals surface area contributed by atoms with E-state index >= 15 is 0 Å². The van der Waals surface area contributed by atoms with Gasteiger partial charge in [-0.3, -0.25) is 9.69 Å². The SMILES string of the molecule is CCOc1ccc(C(C)=O)cc1CN1CCOC(CN)C1. The summed E-state index contributed by atoms with van der Waals surface area (Å²) in [6, 6.07) is 5.63. The van der Waals surface area contributed by atoms with Crippen molar-refractivity contribution in [3.05, 3.63) is 29.3 Å². The lowest BCUT2D eigenvalue weighted by atomic mass is 10.1. The lowest BCUT2D eigenvalue weighted by Gasteiger charge is -2.32. The van der Waals surface area contributed by atoms with Crippen LogP contribution in [0.2, 0.25) is 0 Å². The summed E-state index contributed by atoms with van der Waals surface area (Å²) in [5.41, 5.74) is 7.44. The van der Waals surface area contributed by atoms with E-state index in [-0.39, 0.29) is 11.9 Å². The molecule has 0 amide bonds. The quantitative estimate of drug-likeness (QED) is 0.804. The predicted molar refractivity (Wildman–Crippen MR) is 81.7 cm³/mol. The third-order valence-corrected chi connectivity index (χ3v) is 3.65. The normalized spacial score (nSPS) is 19.5. The fourth-order valence-corrected chi connectivity index (χ4v) is 2.53. The van der Waals surface area contributed by atoms with Gasteiger partial charge >= 0.3 is 0 Å². The average molecular weight is 292 g/mol. The molecule has 1 aliphatic heterocycles. The number of hydrogen-bond donors (Lipinski definition) is 1. The van der Waals surface area contributed by atoms with Crippen LogP contribution in [0, 0.1) is 0 Å². The highest BCUT2D eigenvalue weighted by Crippen LogP contribution is 2.23. The van der Waals surface area contributed by atoms with Crippen molar-refractivity contribution in [2.24, 2.45) is 5.73 Å². The Balaban J connectivity index is 2.15. The molecule has 0 aromatic heterocycles. The molecule has 2 rings (SSSR count). The number of hydrogen-bond acceptors (Lipinski definition) is 5. The van der Waals surface area contributed by atoms with Gasteiger partial charge < -0.3 is 15.2 Å². The van der Waals surface area contributed by atoms with E-state index in [1.165, 1.54) is 0 Å². The number of ether oxygens (including phenoxy) is 2. The Labute approximate surface area is 126 Å². The van der Waals surface area contributed by atoms with Crippen LogP contribution in [0.1, 0.15) is 29.8 Å². The molecule has 1 atom stereocenters. The van der Waals surface area contributed by atoms with Gasteiger partial charge in [0.25, 0.3) is 0 Å². The van der Waals surface area contributed by atoms with Gasteiger partial charge in [-0.05, 0) is 32.0 Å². The van der Waals surface area contributed by atoms with E-state index in [1.807, 2.05) is 25.1 Å². The van der Waals surface area contributed by atoms with E-state index in [2.05, 4.69) is 4.90 Å². The molecule has 2 N–H and O–H groups in total. The number of morpholine rings is 1. The fraction of sp³-hybridized carbons (Fsp3) is 0.562. The number of Topliss-reactive ketones (excluding diaryl/α,β-unsaturated/α-hetero) is 1. The second-order valence-electron chi connectivity index (χ2n) is 5.28. The van der Waals surface area contributed by atoms with Crippen LogP contribution in [-0.4, -0.2) is 49.6 Å². The van der Waals surface area contributed by atoms with Crippen LogP contribution in [0.5, 0.6) is 5.75 Å². The smallest absolute Gasteiger partial charge is 0.159 e. The molecule has 0 aliphatic carbocycles. The molecule has 1 aromatic carbocycles. The number of carbonyl (C=O) groups excluding carboxylic acids is 1. The standard InChI is InChI=1S/C16H24N2O3/c1-3-20-16-5-4-13(12(2)19)8-14(16)10-18-6-7-21-15(9-17)11-18/h4-5,8,15H,3,6-7,9-11,17H2,1-2H3. The monoisotopic (exact) mass is 292 g/mol. The third kappa shape index (κ3) is 4.27. The first-order valence-electron chi connectivity index (χ1n) is 7.44. The van der Waals surface area contributed by atoms with Crippen LogP contribution in [0.25, 0.3) is 0 Å². The Hall–Kier alpha value is -1.43. The van der Waals surface area contributed by atoms with Crippen LogP contribution in [0.15, 0.2) is 18.2 Å². The molecular weight excluding hydrogens is 268 g/mol. The van der Waals surface area contributed by atoms with Gasteiger partial charge in [-0.15, -0.1) is 0 Å². The number of ketones is 1. The molecule has 0 bridgehead atoms. The zero-order chi connectivity index (χ0) is 15.2. The van der Waals surface area contributed by atoms with Gasteiger partial charge in [-0.1, -0.05) is 0 Å². The van der Waals surface area contributed by atoms with Gasteiger partial charge in [0.1, 0.15) is 5.75 Å². The molecule has 5 nitrogen and oxygen atoms in total. The number of nitrogens with two attached hydrogens (primary N) is 1. The highest BCUT2D eigenvalue weighted by Gasteiger charge is 2.20. The summed E-state index contributed by atoms with van der Waals surface area (Å²) >= 11 is 0. The van der Waals surface area contributed by atoms with Gasteiger partial charge in [0.05, 0.1) is 19.3 Å². The lowest BCUT2D eigenvalue weighted by Crippen LogP contribution is -2.45. The van der Waals surface area contributed by atoms with E-state index in [9.17, 15) is 4.79 Å². The van der Waals surface area contributed by atoms with Crippen molar-refractivity contribution in [1.29, 1.82) is 0 Å². The average Bonchev–Trinajstić information content (AvgIpc) is 2.49. The molecule has 1 saturated heterocycles. The van der Waals surface area contributed by atoms with Crippen LogP contribution in [0.4, 0.5) is 0 Å². The zero-order valence-electron chi connectivity index (χ0n) is 12.8. The van der Waals surface area contributed by atoms with Crippen molar-refractivity contribution in [2.45, 2.75) is 26.5 Å². The van der Waals surface area contributed by atoms with Crippen molar-refractivity contribution < 1.29 is 14.3 Å². The number of rotatable bonds is 6. The van der Waals surface area contributed by atoms with Gasteiger partial charge in [-0.2, -0.15) is 0 Å². The van der Waals surface area contributed by atoms with Crippen molar-refractivity contribution in [3.8, 4) is 5.75 Å². The maximum atomic E-state index is 11.6. The molecule has 1 unspecified atom stereocenters. The Morgan fingerprint density at radius 2 is 2.33 bits per heavy atom. The summed E-state index contributed by atoms with van der Waals surface area (Å²) in [4.78, 5) is 13.9. The second kappa shape index (κ2) is 7.54. The summed E-state index contributed by atoms with van der Waals surface area (Å²) in [5, 5.41) is 0. The van der Waals surface area contributed by atoms with E-state index in [1.54, 1.807) is 6.92 Å². The highest BCUT2D eigenvalue weighted by molar-refractivity contribution is 5.94. The Morgan fingerprint density at radius 1 is 1.52 bits per heavy atom. The van der Waals surface area contributed by atoms with E-state index in [4.69, 9.17) is 15.2 Å². The number of carbonyl (C=O) groups is 1. The molecule has 1 heterocycles. The first-order chi connectivity index (χ1) is 10.1. The first-order valence-corrected chi connectivity index (χ1v) is 7.44. The van der Waals surface area contributed by atoms with Crippen LogP contribution in [0.3, 0.4) is 0 Å². The van der Waals surface area contributed by atoms with Crippen LogP contribution >= 0.6 is 0 Å². The van der Waals surface area contributed by atoms with Crippen LogP contribution in [-0.2, 0) is 11.3 Å². The molecule has 0 saturated carbocycles. The summed E-state index contributed by atoms with van der Waals surface area (Å²) in [6.07, 6.45) is 0.0882. The summed E-state index contributed by atoms with van der Waals surface area (Å²) in [5.74, 6) is 0.916. The van der Waals surface area contributed by atoms with Gasteiger partial charge in [-0.25, -0.2) is 0 Å². The Bertz CT molecular complexity index is 490. The minimum atomic E-state index is 0.0705. The highest BCUT2D eigenvalue weighted by atomic mass is 16.5. The van der Waals surface area contributed by atoms with E-state index in [0.29, 0.717) is 19.8 Å². The third-order valence-electron chi connectivity index (χ3n) is 3.65. The van der Waals surface area contributed by atoms with Gasteiger partial charge in [0.15, 0.2) is 5.78 Å². The van der Waals surface area contributed by atoms with E-state index < -0.39 is 0 Å². The lowest BCUT2D eigenvalue weighted by molar-refractivity contribution is -0.0262. The maximum absolute atomic E-state index is 11.6. The fourth-order valence-electron chi connectivity index (χ4n) is 2.53. The summed E-state index contributed by atoms with van der Waals surface area (Å²) in [7, 11) is 0. The van der Waals surface area contributed by atoms with Crippen molar-refractivity contribution in [1.82, 2.24) is 4.90 Å². The molecular formula is C16H24N2O3. The van der Waals surface area contributed by atoms with Gasteiger partial charge in [0.2, 0.25) is 0 Å². The minimum Gasteiger partial charge on any atom is -0.494 e. The van der Waals surface area contributed by atoms with Gasteiger partial charge in [0, 0.05) is 37.3 Å². The molecule has 116 valence electrons. The molecule has 0 radical (unpaired) electrons. The second-order valence-corrected chi connectivity index (χ2v) is 5.28. The van der Waals surface area contributed by atoms with E-state index in [0.717, 1.165) is 36.5 Å². The molecule has 5 heteroatoms. The topological polar surface area (TPSA) is 64.8 Å². The molecule has 0 spiro atoms. The predicted octanol–water partition coefficient (Wildman–Crippen LogP) is 1.45. The molecule has 1 aromatic rings. The molecule has 1 aliphatic rings. The zero-order valence-corrected chi connectivity index (χ0v) is 12.8. The number of benzene rings is 1. The first kappa shape index (κ1) is 15.9. The number of nitrogens with zero attached hydrogens (tertiary/aromatic N) is 1. The Kier molecular flexibility index (Phi) is 5.73. The van der Waals surface area contributed by atoms with Crippen LogP contribution < -0.4 is 10.5 Å². The van der Waals surface area contributed by atoms with Crippen molar-refractivity contribution in [2.75, 3.05) is 32.8 Å². The molecule has 21 heavy (non-hydrogen) atoms. The summed E-state index contributed by atoms with van der Waals surface area (Å²) in [6.45, 7) is 7.80. The summed E-state index contributed by atoms with van der Waals surface area (Å²) < 4.78 is 11.3. The maximum Gasteiger partial charge on any atom is 0.159 e. The minimum absolute atomic E-state index is 0.0705. The van der Waals surface area contributed by atoms with Crippen molar-refractivity contribution in [3.63, 3.8) is 0 Å². The largest absolute Gasteiger partial charge is 0.494 e.